The van der Waals surface area contributed by atoms with E-state index in [9.17, 15) is 9.90 Å². The van der Waals surface area contributed by atoms with Crippen LogP contribution < -0.4 is 0 Å². The molecule has 0 fully saturated rings. The van der Waals surface area contributed by atoms with Gasteiger partial charge in [-0.1, -0.05) is 25.5 Å². The minimum Gasteiger partial charge on any atom is -0.478 e. The molecule has 0 saturated heterocycles. The van der Waals surface area contributed by atoms with Crippen LogP contribution in [-0.2, 0) is 12.8 Å². The number of aromatic carboxylic acids is 1. The second kappa shape index (κ2) is 5.22. The molecule has 0 amide bonds. The summed E-state index contributed by atoms with van der Waals surface area (Å²) >= 11 is 0. The monoisotopic (exact) mass is 259 g/mol. The van der Waals surface area contributed by atoms with Gasteiger partial charge < -0.3 is 5.11 Å². The maximum Gasteiger partial charge on any atom is 0.337 e. The molecule has 0 aliphatic rings. The van der Waals surface area contributed by atoms with Crippen LogP contribution in [0.15, 0.2) is 18.2 Å². The zero-order chi connectivity index (χ0) is 14.0. The molecule has 1 heterocycles. The Morgan fingerprint density at radius 3 is 2.63 bits per heavy atom. The van der Waals surface area contributed by atoms with Gasteiger partial charge in [0.2, 0.25) is 0 Å². The highest BCUT2D eigenvalue weighted by Crippen LogP contribution is 2.18. The number of carboxylic acid groups (broad SMARTS) is 1. The largest absolute Gasteiger partial charge is 0.478 e. The molecule has 1 N–H and O–H groups in total. The van der Waals surface area contributed by atoms with Crippen molar-refractivity contribution in [1.82, 2.24) is 14.8 Å². The van der Waals surface area contributed by atoms with Crippen molar-refractivity contribution in [3.05, 3.63) is 41.0 Å². The molecule has 0 atom stereocenters. The minimum atomic E-state index is -0.950. The summed E-state index contributed by atoms with van der Waals surface area (Å²) in [5.74, 6) is 0.561. The number of hydrogen-bond donors (Lipinski definition) is 1. The van der Waals surface area contributed by atoms with E-state index in [1.807, 2.05) is 26.8 Å². The Balaban J connectivity index is 2.64. The van der Waals surface area contributed by atoms with E-state index in [0.717, 1.165) is 23.6 Å². The molecular formula is C14H17N3O2. The quantitative estimate of drug-likeness (QED) is 0.915. The molecule has 0 radical (unpaired) electrons. The van der Waals surface area contributed by atoms with Gasteiger partial charge >= 0.3 is 5.97 Å². The molecule has 19 heavy (non-hydrogen) atoms. The minimum absolute atomic E-state index is 0.252. The Bertz CT molecular complexity index is 617. The van der Waals surface area contributed by atoms with E-state index >= 15 is 0 Å². The molecule has 0 aliphatic carbocycles. The van der Waals surface area contributed by atoms with Gasteiger partial charge in [-0.05, 0) is 19.1 Å². The van der Waals surface area contributed by atoms with Crippen molar-refractivity contribution in [2.75, 3.05) is 0 Å². The molecule has 2 aromatic rings. The second-order valence-corrected chi connectivity index (χ2v) is 4.39. The first-order chi connectivity index (χ1) is 9.06. The fourth-order valence-corrected chi connectivity index (χ4v) is 1.97. The van der Waals surface area contributed by atoms with Crippen molar-refractivity contribution < 1.29 is 9.90 Å². The molecule has 0 unspecified atom stereocenters. The molecule has 0 bridgehead atoms. The summed E-state index contributed by atoms with van der Waals surface area (Å²) in [6.45, 7) is 5.83. The molecule has 1 aromatic carbocycles. The van der Waals surface area contributed by atoms with E-state index in [1.54, 1.807) is 16.8 Å². The molecular weight excluding hydrogens is 242 g/mol. The van der Waals surface area contributed by atoms with E-state index in [1.165, 1.54) is 0 Å². The molecule has 0 saturated carbocycles. The Hall–Kier alpha value is -2.17. The molecule has 0 aliphatic heterocycles. The Morgan fingerprint density at radius 1 is 1.32 bits per heavy atom. The predicted octanol–water partition coefficient (Wildman–Crippen LogP) is 2.40. The Labute approximate surface area is 111 Å². The van der Waals surface area contributed by atoms with E-state index in [4.69, 9.17) is 0 Å². The summed E-state index contributed by atoms with van der Waals surface area (Å²) in [7, 11) is 0. The number of hydrogen-bond acceptors (Lipinski definition) is 3. The van der Waals surface area contributed by atoms with Gasteiger partial charge in [-0.3, -0.25) is 0 Å². The van der Waals surface area contributed by atoms with Gasteiger partial charge in [-0.15, -0.1) is 0 Å². The number of aryl methyl sites for hydroxylation is 3. The van der Waals surface area contributed by atoms with Gasteiger partial charge in [0.25, 0.3) is 0 Å². The third-order valence-corrected chi connectivity index (χ3v) is 2.96. The third kappa shape index (κ3) is 2.50. The zero-order valence-corrected chi connectivity index (χ0v) is 11.3. The molecule has 100 valence electrons. The summed E-state index contributed by atoms with van der Waals surface area (Å²) in [5.41, 5.74) is 1.74. The average molecular weight is 259 g/mol. The van der Waals surface area contributed by atoms with Crippen molar-refractivity contribution in [2.45, 2.75) is 33.6 Å². The lowest BCUT2D eigenvalue weighted by Crippen LogP contribution is -2.09. The smallest absolute Gasteiger partial charge is 0.337 e. The summed E-state index contributed by atoms with van der Waals surface area (Å²) in [5, 5.41) is 13.7. The van der Waals surface area contributed by atoms with E-state index in [2.05, 4.69) is 10.1 Å². The second-order valence-electron chi connectivity index (χ2n) is 4.39. The van der Waals surface area contributed by atoms with Gasteiger partial charge in [-0.25, -0.2) is 14.5 Å². The van der Waals surface area contributed by atoms with Gasteiger partial charge in [0, 0.05) is 12.8 Å². The van der Waals surface area contributed by atoms with Gasteiger partial charge in [0.05, 0.1) is 11.3 Å². The summed E-state index contributed by atoms with van der Waals surface area (Å²) < 4.78 is 1.64. The number of aromatic nitrogens is 3. The van der Waals surface area contributed by atoms with Gasteiger partial charge in [-0.2, -0.15) is 5.10 Å². The van der Waals surface area contributed by atoms with Crippen LogP contribution in [0.5, 0.6) is 0 Å². The topological polar surface area (TPSA) is 68.0 Å². The molecule has 5 heteroatoms. The SMILES string of the molecule is CCc1nc(CC)n(-c2ccc(C)cc2C(=O)O)n1. The molecule has 2 rings (SSSR count). The highest BCUT2D eigenvalue weighted by Gasteiger charge is 2.16. The first-order valence-electron chi connectivity index (χ1n) is 6.36. The van der Waals surface area contributed by atoms with Gasteiger partial charge in [0.15, 0.2) is 5.82 Å². The maximum atomic E-state index is 11.4. The van der Waals surface area contributed by atoms with Gasteiger partial charge in [0.1, 0.15) is 5.82 Å². The zero-order valence-electron chi connectivity index (χ0n) is 11.3. The summed E-state index contributed by atoms with van der Waals surface area (Å²) in [4.78, 5) is 15.8. The Kier molecular flexibility index (Phi) is 3.64. The van der Waals surface area contributed by atoms with Crippen LogP contribution in [0.2, 0.25) is 0 Å². The lowest BCUT2D eigenvalue weighted by Gasteiger charge is -2.09. The van der Waals surface area contributed by atoms with Crippen molar-refractivity contribution in [3.8, 4) is 5.69 Å². The van der Waals surface area contributed by atoms with Crippen LogP contribution in [0.25, 0.3) is 5.69 Å². The Morgan fingerprint density at radius 2 is 2.05 bits per heavy atom. The van der Waals surface area contributed by atoms with Crippen LogP contribution in [0.3, 0.4) is 0 Å². The lowest BCUT2D eigenvalue weighted by molar-refractivity contribution is 0.0696. The number of carboxylic acids is 1. The lowest BCUT2D eigenvalue weighted by atomic mass is 10.1. The molecule has 1 aromatic heterocycles. The highest BCUT2D eigenvalue weighted by molar-refractivity contribution is 5.92. The van der Waals surface area contributed by atoms with Crippen molar-refractivity contribution >= 4 is 5.97 Å². The molecule has 5 nitrogen and oxygen atoms in total. The number of rotatable bonds is 4. The standard InChI is InChI=1S/C14H17N3O2/c1-4-12-15-13(5-2)17(16-12)11-7-6-9(3)8-10(11)14(18)19/h6-8H,4-5H2,1-3H3,(H,18,19). The average Bonchev–Trinajstić information content (AvgIpc) is 2.81. The number of carbonyl (C=O) groups is 1. The van der Waals surface area contributed by atoms with E-state index in [0.29, 0.717) is 12.1 Å². The van der Waals surface area contributed by atoms with Crippen LogP contribution in [0.1, 0.15) is 41.4 Å². The van der Waals surface area contributed by atoms with Crippen LogP contribution in [-0.4, -0.2) is 25.8 Å². The van der Waals surface area contributed by atoms with Crippen LogP contribution in [0, 0.1) is 6.92 Å². The maximum absolute atomic E-state index is 11.4. The predicted molar refractivity (Wildman–Crippen MR) is 71.8 cm³/mol. The van der Waals surface area contributed by atoms with E-state index in [-0.39, 0.29) is 5.56 Å². The fraction of sp³-hybridized carbons (Fsp3) is 0.357. The summed E-state index contributed by atoms with van der Waals surface area (Å²) in [6, 6.07) is 5.32. The number of benzene rings is 1. The van der Waals surface area contributed by atoms with Crippen LogP contribution >= 0.6 is 0 Å². The summed E-state index contributed by atoms with van der Waals surface area (Å²) in [6.07, 6.45) is 1.44. The van der Waals surface area contributed by atoms with Crippen molar-refractivity contribution in [3.63, 3.8) is 0 Å². The highest BCUT2D eigenvalue weighted by atomic mass is 16.4. The normalized spacial score (nSPS) is 10.7. The van der Waals surface area contributed by atoms with Crippen molar-refractivity contribution in [1.29, 1.82) is 0 Å². The number of nitrogens with zero attached hydrogens (tertiary/aromatic N) is 3. The van der Waals surface area contributed by atoms with Crippen LogP contribution in [0.4, 0.5) is 0 Å². The third-order valence-electron chi connectivity index (χ3n) is 2.96. The van der Waals surface area contributed by atoms with Crippen molar-refractivity contribution in [2.24, 2.45) is 0 Å². The molecule has 0 spiro atoms. The first-order valence-corrected chi connectivity index (χ1v) is 6.36. The van der Waals surface area contributed by atoms with E-state index < -0.39 is 5.97 Å². The fourth-order valence-electron chi connectivity index (χ4n) is 1.97. The first kappa shape index (κ1) is 13.3.